The quantitative estimate of drug-likeness (QED) is 0.862. The van der Waals surface area contributed by atoms with Crippen molar-refractivity contribution < 1.29 is 9.53 Å². The highest BCUT2D eigenvalue weighted by molar-refractivity contribution is 7.98. The topological polar surface area (TPSA) is 50.4 Å². The molecular formula is C12H16N2O2S. The van der Waals surface area contributed by atoms with Gasteiger partial charge in [0.15, 0.2) is 0 Å². The maximum absolute atomic E-state index is 11.8. The molecule has 4 nitrogen and oxygen atoms in total. The molecule has 0 spiro atoms. The zero-order chi connectivity index (χ0) is 12.3. The number of rotatable bonds is 4. The van der Waals surface area contributed by atoms with Crippen LogP contribution in [-0.4, -0.2) is 31.1 Å². The predicted molar refractivity (Wildman–Crippen MR) is 72.0 cm³/mol. The lowest BCUT2D eigenvalue weighted by molar-refractivity contribution is -0.117. The molecule has 0 aliphatic carbocycles. The fourth-order valence-corrected chi connectivity index (χ4v) is 2.26. The highest BCUT2D eigenvalue weighted by Gasteiger charge is 2.24. The first kappa shape index (κ1) is 12.1. The van der Waals surface area contributed by atoms with Gasteiger partial charge in [-0.05, 0) is 30.6 Å². The van der Waals surface area contributed by atoms with Gasteiger partial charge in [-0.25, -0.2) is 0 Å². The van der Waals surface area contributed by atoms with Gasteiger partial charge in [0.2, 0.25) is 5.91 Å². The van der Waals surface area contributed by atoms with Crippen LogP contribution in [0.4, 0.5) is 11.4 Å². The normalized spacial score (nSPS) is 18.0. The van der Waals surface area contributed by atoms with Gasteiger partial charge >= 0.3 is 0 Å². The van der Waals surface area contributed by atoms with Crippen molar-refractivity contribution in [1.82, 2.24) is 0 Å². The summed E-state index contributed by atoms with van der Waals surface area (Å²) in [5, 5.41) is 6.15. The van der Waals surface area contributed by atoms with Crippen LogP contribution in [0.5, 0.6) is 5.75 Å². The van der Waals surface area contributed by atoms with Crippen LogP contribution in [0.3, 0.4) is 0 Å². The molecule has 0 aromatic heterocycles. The molecule has 0 radical (unpaired) electrons. The molecule has 2 rings (SSSR count). The van der Waals surface area contributed by atoms with Gasteiger partial charge in [-0.1, -0.05) is 0 Å². The first-order chi connectivity index (χ1) is 8.24. The molecule has 1 atom stereocenters. The molecule has 5 heteroatoms. The van der Waals surface area contributed by atoms with Crippen molar-refractivity contribution in [1.29, 1.82) is 0 Å². The Hall–Kier alpha value is -1.36. The second-order valence-corrected chi connectivity index (χ2v) is 4.86. The van der Waals surface area contributed by atoms with E-state index in [2.05, 4.69) is 10.6 Å². The Morgan fingerprint density at radius 2 is 2.24 bits per heavy atom. The molecule has 0 fully saturated rings. The Balaban J connectivity index is 2.15. The zero-order valence-corrected chi connectivity index (χ0v) is 10.8. The molecule has 0 saturated heterocycles. The minimum absolute atomic E-state index is 0.0276. The number of fused-ring (bicyclic) bond motifs is 1. The van der Waals surface area contributed by atoms with Crippen molar-refractivity contribution in [2.75, 3.05) is 29.8 Å². The van der Waals surface area contributed by atoms with Crippen molar-refractivity contribution in [2.24, 2.45) is 0 Å². The molecule has 2 N–H and O–H groups in total. The number of carbonyl (C=O) groups is 1. The van der Waals surface area contributed by atoms with Gasteiger partial charge in [0.05, 0.1) is 18.5 Å². The smallest absolute Gasteiger partial charge is 0.246 e. The third-order valence-corrected chi connectivity index (χ3v) is 3.39. The summed E-state index contributed by atoms with van der Waals surface area (Å²) in [4.78, 5) is 11.8. The summed E-state index contributed by atoms with van der Waals surface area (Å²) in [6, 6.07) is 5.50. The van der Waals surface area contributed by atoms with Crippen LogP contribution in [-0.2, 0) is 4.79 Å². The number of hydrogen-bond donors (Lipinski definition) is 2. The average molecular weight is 252 g/mol. The van der Waals surface area contributed by atoms with Gasteiger partial charge in [-0.3, -0.25) is 4.79 Å². The summed E-state index contributed by atoms with van der Waals surface area (Å²) in [5.41, 5.74) is 1.74. The van der Waals surface area contributed by atoms with E-state index >= 15 is 0 Å². The maximum Gasteiger partial charge on any atom is 0.246 e. The lowest BCUT2D eigenvalue weighted by Gasteiger charge is -2.26. The molecule has 1 amide bonds. The Kier molecular flexibility index (Phi) is 3.78. The Bertz CT molecular complexity index is 423. The van der Waals surface area contributed by atoms with E-state index in [1.54, 1.807) is 18.9 Å². The molecule has 0 saturated carbocycles. The minimum Gasteiger partial charge on any atom is -0.497 e. The van der Waals surface area contributed by atoms with Crippen LogP contribution in [0.2, 0.25) is 0 Å². The van der Waals surface area contributed by atoms with Crippen molar-refractivity contribution >= 4 is 29.0 Å². The summed E-state index contributed by atoms with van der Waals surface area (Å²) in [6.45, 7) is 0. The van der Waals surface area contributed by atoms with Gasteiger partial charge in [-0.2, -0.15) is 11.8 Å². The fraction of sp³-hybridized carbons (Fsp3) is 0.417. The Labute approximate surface area is 105 Å². The number of benzene rings is 1. The van der Waals surface area contributed by atoms with E-state index in [9.17, 15) is 4.79 Å². The van der Waals surface area contributed by atoms with Crippen LogP contribution in [0, 0.1) is 0 Å². The summed E-state index contributed by atoms with van der Waals surface area (Å²) in [5.74, 6) is 1.74. The largest absolute Gasteiger partial charge is 0.497 e. The van der Waals surface area contributed by atoms with Crippen LogP contribution >= 0.6 is 11.8 Å². The van der Waals surface area contributed by atoms with E-state index in [1.807, 2.05) is 24.5 Å². The highest BCUT2D eigenvalue weighted by atomic mass is 32.2. The third-order valence-electron chi connectivity index (χ3n) is 2.74. The van der Waals surface area contributed by atoms with Crippen LogP contribution in [0.1, 0.15) is 6.42 Å². The third kappa shape index (κ3) is 2.66. The van der Waals surface area contributed by atoms with E-state index in [4.69, 9.17) is 4.74 Å². The predicted octanol–water partition coefficient (Wildman–Crippen LogP) is 2.18. The number of hydrogen-bond acceptors (Lipinski definition) is 4. The van der Waals surface area contributed by atoms with Gasteiger partial charge in [0.25, 0.3) is 0 Å². The fourth-order valence-electron chi connectivity index (χ4n) is 1.79. The maximum atomic E-state index is 11.8. The molecule has 17 heavy (non-hydrogen) atoms. The Morgan fingerprint density at radius 1 is 1.41 bits per heavy atom. The molecule has 1 heterocycles. The molecule has 92 valence electrons. The van der Waals surface area contributed by atoms with E-state index in [1.165, 1.54) is 0 Å². The minimum atomic E-state index is -0.136. The second-order valence-electron chi connectivity index (χ2n) is 3.88. The monoisotopic (exact) mass is 252 g/mol. The lowest BCUT2D eigenvalue weighted by atomic mass is 10.1. The number of methoxy groups -OCH3 is 1. The van der Waals surface area contributed by atoms with Crippen molar-refractivity contribution in [3.05, 3.63) is 18.2 Å². The number of carbonyl (C=O) groups excluding carboxylic acids is 1. The molecule has 0 bridgehead atoms. The molecule has 1 aliphatic heterocycles. The molecule has 1 aromatic rings. The standard InChI is InChI=1S/C12H16N2O2S/c1-16-8-3-4-9-11(7-8)14-12(15)10(13-9)5-6-17-2/h3-4,7,10,13H,5-6H2,1-2H3,(H,14,15). The van der Waals surface area contributed by atoms with E-state index in [-0.39, 0.29) is 11.9 Å². The van der Waals surface area contributed by atoms with Crippen LogP contribution < -0.4 is 15.4 Å². The van der Waals surface area contributed by atoms with Gasteiger partial charge < -0.3 is 15.4 Å². The van der Waals surface area contributed by atoms with E-state index in [0.29, 0.717) is 0 Å². The number of thioether (sulfide) groups is 1. The molecule has 1 unspecified atom stereocenters. The van der Waals surface area contributed by atoms with Crippen LogP contribution in [0.15, 0.2) is 18.2 Å². The number of amides is 1. The SMILES string of the molecule is COc1ccc2c(c1)NC(=O)C(CCSC)N2. The average Bonchev–Trinajstić information content (AvgIpc) is 2.35. The highest BCUT2D eigenvalue weighted by Crippen LogP contribution is 2.31. The van der Waals surface area contributed by atoms with Gasteiger partial charge in [0.1, 0.15) is 11.8 Å². The Morgan fingerprint density at radius 3 is 2.94 bits per heavy atom. The summed E-state index contributed by atoms with van der Waals surface area (Å²) < 4.78 is 5.12. The second kappa shape index (κ2) is 5.31. The zero-order valence-electron chi connectivity index (χ0n) is 9.95. The first-order valence-electron chi connectivity index (χ1n) is 5.49. The van der Waals surface area contributed by atoms with Gasteiger partial charge in [-0.15, -0.1) is 0 Å². The van der Waals surface area contributed by atoms with Gasteiger partial charge in [0, 0.05) is 6.07 Å². The number of ether oxygens (including phenoxy) is 1. The summed E-state index contributed by atoms with van der Waals surface area (Å²) in [6.07, 6.45) is 2.87. The molecule has 1 aliphatic rings. The molecule has 1 aromatic carbocycles. The van der Waals surface area contributed by atoms with Crippen molar-refractivity contribution in [3.8, 4) is 5.75 Å². The summed E-state index contributed by atoms with van der Waals surface area (Å²) >= 11 is 1.74. The number of anilines is 2. The molecular weight excluding hydrogens is 236 g/mol. The number of nitrogens with one attached hydrogen (secondary N) is 2. The lowest BCUT2D eigenvalue weighted by Crippen LogP contribution is -2.39. The van der Waals surface area contributed by atoms with Crippen molar-refractivity contribution in [3.63, 3.8) is 0 Å². The summed E-state index contributed by atoms with van der Waals surface area (Å²) in [7, 11) is 1.61. The van der Waals surface area contributed by atoms with Crippen molar-refractivity contribution in [2.45, 2.75) is 12.5 Å². The van der Waals surface area contributed by atoms with E-state index in [0.717, 1.165) is 29.3 Å². The van der Waals surface area contributed by atoms with Crippen LogP contribution in [0.25, 0.3) is 0 Å². The first-order valence-corrected chi connectivity index (χ1v) is 6.88. The van der Waals surface area contributed by atoms with E-state index < -0.39 is 0 Å².